The number of rotatable bonds is 6. The molecule has 6 heteroatoms. The van der Waals surface area contributed by atoms with E-state index in [1.54, 1.807) is 24.3 Å². The highest BCUT2D eigenvalue weighted by Gasteiger charge is 2.24. The van der Waals surface area contributed by atoms with Gasteiger partial charge in [0.05, 0.1) is 8.95 Å². The highest BCUT2D eigenvalue weighted by Crippen LogP contribution is 2.52. The van der Waals surface area contributed by atoms with Crippen LogP contribution < -0.4 is 4.74 Å². The normalized spacial score (nSPS) is 11.8. The number of phenolic OH excluding ortho intramolecular Hbond substituents is 1. The lowest BCUT2D eigenvalue weighted by atomic mass is 10.0. The van der Waals surface area contributed by atoms with Gasteiger partial charge in [0.1, 0.15) is 17.6 Å². The van der Waals surface area contributed by atoms with Crippen LogP contribution in [0, 0.1) is 0 Å². The summed E-state index contributed by atoms with van der Waals surface area (Å²) in [4.78, 5) is 0. The Bertz CT molecular complexity index is 787. The van der Waals surface area contributed by atoms with E-state index in [1.165, 1.54) is 0 Å². The van der Waals surface area contributed by atoms with Gasteiger partial charge in [-0.15, -0.1) is 6.58 Å². The number of benzene rings is 2. The van der Waals surface area contributed by atoms with Crippen LogP contribution in [-0.4, -0.2) is 11.2 Å². The zero-order valence-corrected chi connectivity index (χ0v) is 18.9. The molecule has 24 heavy (non-hydrogen) atoms. The molecule has 0 aliphatic carbocycles. The third-order valence-electron chi connectivity index (χ3n) is 3.33. The fourth-order valence-electron chi connectivity index (χ4n) is 2.16. The molecule has 2 aromatic rings. The number of para-hydroxylation sites is 1. The summed E-state index contributed by atoms with van der Waals surface area (Å²) >= 11 is 14.3. The summed E-state index contributed by atoms with van der Waals surface area (Å²) in [6.07, 6.45) is 3.90. The van der Waals surface area contributed by atoms with Crippen LogP contribution in [0.4, 0.5) is 0 Å². The maximum absolute atomic E-state index is 10.3. The van der Waals surface area contributed by atoms with Gasteiger partial charge >= 0.3 is 0 Å². The Morgan fingerprint density at radius 1 is 1.00 bits per heavy atom. The molecule has 0 aliphatic rings. The highest BCUT2D eigenvalue weighted by molar-refractivity contribution is 9.15. The van der Waals surface area contributed by atoms with E-state index in [1.807, 2.05) is 12.1 Å². The maximum Gasteiger partial charge on any atom is 0.144 e. The van der Waals surface area contributed by atoms with Crippen molar-refractivity contribution in [2.24, 2.45) is 0 Å². The summed E-state index contributed by atoms with van der Waals surface area (Å²) in [5.41, 5.74) is 1.40. The Balaban J connectivity index is 2.74. The molecule has 0 radical (unpaired) electrons. The van der Waals surface area contributed by atoms with Crippen molar-refractivity contribution in [3.63, 3.8) is 0 Å². The third kappa shape index (κ3) is 3.98. The molecule has 2 rings (SSSR count). The van der Waals surface area contributed by atoms with E-state index >= 15 is 0 Å². The van der Waals surface area contributed by atoms with E-state index in [4.69, 9.17) is 4.74 Å². The minimum Gasteiger partial charge on any atom is -0.507 e. The molecular formula is C18H14Br4O2. The van der Waals surface area contributed by atoms with E-state index in [-0.39, 0.29) is 11.9 Å². The summed E-state index contributed by atoms with van der Waals surface area (Å²) in [7, 11) is 0. The number of aromatic hydroxyl groups is 1. The van der Waals surface area contributed by atoms with Crippen LogP contribution in [-0.2, 0) is 0 Å². The second kappa shape index (κ2) is 8.70. The van der Waals surface area contributed by atoms with E-state index < -0.39 is 0 Å². The second-order valence-corrected chi connectivity index (χ2v) is 8.07. The smallest absolute Gasteiger partial charge is 0.144 e. The predicted molar refractivity (Wildman–Crippen MR) is 114 cm³/mol. The molecule has 1 N–H and O–H groups in total. The van der Waals surface area contributed by atoms with Crippen LogP contribution in [0.2, 0.25) is 0 Å². The first-order valence-electron chi connectivity index (χ1n) is 6.96. The first-order valence-corrected chi connectivity index (χ1v) is 10.1. The standard InChI is InChI=1S/C18H14Br4O2/c1-3-7-10(4-2)24-18-13(11-8-5-6-9-12(11)23)14(19)15(20)16(21)17(18)22/h3-6,8-10,23H,1-2,7H2. The second-order valence-electron chi connectivity index (χ2n) is 4.89. The lowest BCUT2D eigenvalue weighted by Gasteiger charge is -2.22. The Morgan fingerprint density at radius 3 is 2.21 bits per heavy atom. The third-order valence-corrected chi connectivity index (χ3v) is 8.06. The number of hydrogen-bond donors (Lipinski definition) is 1. The van der Waals surface area contributed by atoms with Gasteiger partial charge in [0.2, 0.25) is 0 Å². The van der Waals surface area contributed by atoms with E-state index in [0.29, 0.717) is 17.7 Å². The molecule has 0 aliphatic heterocycles. The summed E-state index contributed by atoms with van der Waals surface area (Å²) in [5, 5.41) is 10.3. The molecule has 126 valence electrons. The molecule has 0 saturated carbocycles. The van der Waals surface area contributed by atoms with Crippen LogP contribution in [0.15, 0.2) is 67.5 Å². The van der Waals surface area contributed by atoms with E-state index in [0.717, 1.165) is 23.5 Å². The minimum atomic E-state index is -0.233. The fraction of sp³-hybridized carbons (Fsp3) is 0.111. The highest BCUT2D eigenvalue weighted by atomic mass is 79.9. The van der Waals surface area contributed by atoms with E-state index in [9.17, 15) is 5.11 Å². The number of halogens is 4. The Hall–Kier alpha value is -0.560. The van der Waals surface area contributed by atoms with Crippen LogP contribution >= 0.6 is 63.7 Å². The quantitative estimate of drug-likeness (QED) is 0.216. The number of phenols is 1. The maximum atomic E-state index is 10.3. The largest absolute Gasteiger partial charge is 0.507 e. The van der Waals surface area contributed by atoms with Gasteiger partial charge in [-0.2, -0.15) is 0 Å². The van der Waals surface area contributed by atoms with Crippen LogP contribution in [0.3, 0.4) is 0 Å². The van der Waals surface area contributed by atoms with Gasteiger partial charge < -0.3 is 9.84 Å². The molecule has 0 amide bonds. The molecular weight excluding hydrogens is 568 g/mol. The molecule has 2 nitrogen and oxygen atoms in total. The van der Waals surface area contributed by atoms with Crippen LogP contribution in [0.1, 0.15) is 6.42 Å². The molecule has 0 saturated heterocycles. The topological polar surface area (TPSA) is 29.5 Å². The van der Waals surface area contributed by atoms with Crippen molar-refractivity contribution in [2.45, 2.75) is 12.5 Å². The van der Waals surface area contributed by atoms with Gasteiger partial charge in [-0.3, -0.25) is 0 Å². The molecule has 0 aromatic heterocycles. The Morgan fingerprint density at radius 2 is 1.62 bits per heavy atom. The van der Waals surface area contributed by atoms with Gasteiger partial charge in [0.15, 0.2) is 0 Å². The van der Waals surface area contributed by atoms with Crippen LogP contribution in [0.25, 0.3) is 11.1 Å². The molecule has 0 fully saturated rings. The summed E-state index contributed by atoms with van der Waals surface area (Å²) in [6, 6.07) is 7.12. The first-order chi connectivity index (χ1) is 11.4. The van der Waals surface area contributed by atoms with Gasteiger partial charge in [-0.05, 0) is 69.8 Å². The van der Waals surface area contributed by atoms with Gasteiger partial charge in [-0.25, -0.2) is 0 Å². The Kier molecular flexibility index (Phi) is 7.16. The summed E-state index contributed by atoms with van der Waals surface area (Å²) < 4.78 is 9.31. The van der Waals surface area contributed by atoms with Crippen molar-refractivity contribution in [1.82, 2.24) is 0 Å². The van der Waals surface area contributed by atoms with Crippen molar-refractivity contribution in [3.8, 4) is 22.6 Å². The molecule has 2 aromatic carbocycles. The van der Waals surface area contributed by atoms with E-state index in [2.05, 4.69) is 76.9 Å². The van der Waals surface area contributed by atoms with Crippen molar-refractivity contribution in [3.05, 3.63) is 67.5 Å². The average molecular weight is 582 g/mol. The van der Waals surface area contributed by atoms with Crippen molar-refractivity contribution in [1.29, 1.82) is 0 Å². The zero-order valence-electron chi connectivity index (χ0n) is 12.5. The molecule has 0 spiro atoms. The number of hydrogen-bond acceptors (Lipinski definition) is 2. The number of ether oxygens (including phenoxy) is 1. The molecule has 1 atom stereocenters. The Labute approximate surface area is 175 Å². The SMILES string of the molecule is C=CCC(C=C)Oc1c(Br)c(Br)c(Br)c(Br)c1-c1ccccc1O. The lowest BCUT2D eigenvalue weighted by molar-refractivity contribution is 0.252. The van der Waals surface area contributed by atoms with Crippen molar-refractivity contribution in [2.75, 3.05) is 0 Å². The molecule has 0 bridgehead atoms. The summed E-state index contributed by atoms with van der Waals surface area (Å²) in [5.74, 6) is 0.772. The van der Waals surface area contributed by atoms with Gasteiger partial charge in [0, 0.05) is 26.5 Å². The van der Waals surface area contributed by atoms with Crippen molar-refractivity contribution >= 4 is 63.7 Å². The van der Waals surface area contributed by atoms with Gasteiger partial charge in [-0.1, -0.05) is 36.9 Å². The van der Waals surface area contributed by atoms with Crippen LogP contribution in [0.5, 0.6) is 11.5 Å². The minimum absolute atomic E-state index is 0.169. The zero-order chi connectivity index (χ0) is 17.9. The average Bonchev–Trinajstić information content (AvgIpc) is 2.58. The fourth-order valence-corrected chi connectivity index (χ4v) is 4.54. The summed E-state index contributed by atoms with van der Waals surface area (Å²) in [6.45, 7) is 7.57. The molecule has 1 unspecified atom stereocenters. The monoisotopic (exact) mass is 578 g/mol. The predicted octanol–water partition coefficient (Wildman–Crippen LogP) is 7.62. The van der Waals surface area contributed by atoms with Crippen molar-refractivity contribution < 1.29 is 9.84 Å². The lowest BCUT2D eigenvalue weighted by Crippen LogP contribution is -2.13. The first kappa shape index (κ1) is 19.8. The molecule has 0 heterocycles. The van der Waals surface area contributed by atoms with Gasteiger partial charge in [0.25, 0.3) is 0 Å².